The van der Waals surface area contributed by atoms with E-state index in [0.717, 1.165) is 49.6 Å². The van der Waals surface area contributed by atoms with Crippen LogP contribution in [-0.2, 0) is 0 Å². The van der Waals surface area contributed by atoms with Gasteiger partial charge in [0.1, 0.15) is 11.6 Å². The second kappa shape index (κ2) is 5.45. The smallest absolute Gasteiger partial charge is 0.136 e. The molecule has 1 aliphatic heterocycles. The van der Waals surface area contributed by atoms with Crippen molar-refractivity contribution in [2.24, 2.45) is 0 Å². The van der Waals surface area contributed by atoms with E-state index in [0.29, 0.717) is 0 Å². The molecular formula is C15H19N3O. The topological polar surface area (TPSA) is 37.4 Å². The average Bonchev–Trinajstić information content (AvgIpc) is 2.75. The van der Waals surface area contributed by atoms with Crippen molar-refractivity contribution >= 4 is 16.6 Å². The van der Waals surface area contributed by atoms with Gasteiger partial charge in [-0.25, -0.2) is 4.98 Å². The number of hydrogen-bond acceptors (Lipinski definition) is 4. The van der Waals surface area contributed by atoms with Crippen LogP contribution in [0.15, 0.2) is 30.5 Å². The van der Waals surface area contributed by atoms with Gasteiger partial charge >= 0.3 is 0 Å². The average molecular weight is 257 g/mol. The summed E-state index contributed by atoms with van der Waals surface area (Å²) in [5.74, 6) is 1.98. The Balaban J connectivity index is 2.07. The Bertz CT molecular complexity index is 562. The van der Waals surface area contributed by atoms with E-state index in [2.05, 4.69) is 21.3 Å². The maximum Gasteiger partial charge on any atom is 0.136 e. The summed E-state index contributed by atoms with van der Waals surface area (Å²) in [6, 6.07) is 8.17. The molecule has 100 valence electrons. The molecule has 2 heterocycles. The summed E-state index contributed by atoms with van der Waals surface area (Å²) < 4.78 is 5.44. The van der Waals surface area contributed by atoms with Crippen molar-refractivity contribution < 1.29 is 4.74 Å². The fraction of sp³-hybridized carbons (Fsp3) is 0.400. The van der Waals surface area contributed by atoms with Crippen LogP contribution < -0.4 is 15.0 Å². The summed E-state index contributed by atoms with van der Waals surface area (Å²) in [5.41, 5.74) is 0. The Morgan fingerprint density at radius 3 is 3.00 bits per heavy atom. The number of anilines is 1. The third-order valence-electron chi connectivity index (χ3n) is 3.60. The van der Waals surface area contributed by atoms with Crippen LogP contribution >= 0.6 is 0 Å². The molecule has 0 radical (unpaired) electrons. The van der Waals surface area contributed by atoms with Crippen molar-refractivity contribution in [1.29, 1.82) is 0 Å². The van der Waals surface area contributed by atoms with Crippen molar-refractivity contribution in [1.82, 2.24) is 10.3 Å². The normalized spacial score (nSPS) is 16.4. The summed E-state index contributed by atoms with van der Waals surface area (Å²) in [5, 5.41) is 5.73. The summed E-state index contributed by atoms with van der Waals surface area (Å²) in [6.07, 6.45) is 3.03. The number of nitrogens with one attached hydrogen (secondary N) is 1. The minimum Gasteiger partial charge on any atom is -0.496 e. The number of nitrogens with zero attached hydrogens (tertiary/aromatic N) is 2. The molecule has 3 rings (SSSR count). The number of rotatable bonds is 2. The lowest BCUT2D eigenvalue weighted by atomic mass is 10.1. The lowest BCUT2D eigenvalue weighted by Gasteiger charge is -2.22. The van der Waals surface area contributed by atoms with E-state index in [-0.39, 0.29) is 0 Å². The highest BCUT2D eigenvalue weighted by Crippen LogP contribution is 2.31. The quantitative estimate of drug-likeness (QED) is 0.893. The SMILES string of the molecule is COc1cccc2c(N3CCCNCC3)nccc12. The van der Waals surface area contributed by atoms with Gasteiger partial charge in [0, 0.05) is 36.6 Å². The third-order valence-corrected chi connectivity index (χ3v) is 3.60. The molecule has 0 spiro atoms. The molecule has 1 N–H and O–H groups in total. The Kier molecular flexibility index (Phi) is 3.51. The van der Waals surface area contributed by atoms with Gasteiger partial charge in [0.25, 0.3) is 0 Å². The standard InChI is InChI=1S/C15H19N3O/c1-19-14-5-2-4-13-12(14)6-8-17-15(13)18-10-3-7-16-9-11-18/h2,4-6,8,16H,3,7,9-11H2,1H3. The van der Waals surface area contributed by atoms with E-state index in [4.69, 9.17) is 4.74 Å². The van der Waals surface area contributed by atoms with Crippen molar-refractivity contribution in [2.45, 2.75) is 6.42 Å². The van der Waals surface area contributed by atoms with Gasteiger partial charge in [0.15, 0.2) is 0 Å². The number of pyridine rings is 1. The summed E-state index contributed by atoms with van der Waals surface area (Å²) in [7, 11) is 1.71. The summed E-state index contributed by atoms with van der Waals surface area (Å²) >= 11 is 0. The highest BCUT2D eigenvalue weighted by molar-refractivity contribution is 5.96. The molecule has 0 bridgehead atoms. The molecule has 4 nitrogen and oxygen atoms in total. The molecule has 1 fully saturated rings. The lowest BCUT2D eigenvalue weighted by Crippen LogP contribution is -2.28. The number of hydrogen-bond donors (Lipinski definition) is 1. The predicted molar refractivity (Wildman–Crippen MR) is 78.0 cm³/mol. The highest BCUT2D eigenvalue weighted by Gasteiger charge is 2.14. The van der Waals surface area contributed by atoms with E-state index in [1.165, 1.54) is 5.39 Å². The number of methoxy groups -OCH3 is 1. The van der Waals surface area contributed by atoms with Crippen LogP contribution in [0.3, 0.4) is 0 Å². The zero-order chi connectivity index (χ0) is 13.1. The number of aromatic nitrogens is 1. The van der Waals surface area contributed by atoms with Crippen LogP contribution in [0.5, 0.6) is 5.75 Å². The molecule has 0 atom stereocenters. The first-order valence-electron chi connectivity index (χ1n) is 6.77. The molecule has 2 aromatic rings. The lowest BCUT2D eigenvalue weighted by molar-refractivity contribution is 0.420. The zero-order valence-electron chi connectivity index (χ0n) is 11.2. The molecular weight excluding hydrogens is 238 g/mol. The van der Waals surface area contributed by atoms with Crippen LogP contribution in [0, 0.1) is 0 Å². The molecule has 1 aromatic carbocycles. The number of benzene rings is 1. The molecule has 1 aliphatic rings. The Labute approximate surface area is 113 Å². The van der Waals surface area contributed by atoms with Gasteiger partial charge in [-0.3, -0.25) is 0 Å². The van der Waals surface area contributed by atoms with Crippen molar-refractivity contribution in [2.75, 3.05) is 38.2 Å². The monoisotopic (exact) mass is 257 g/mol. The molecule has 0 saturated carbocycles. The minimum atomic E-state index is 0.911. The zero-order valence-corrected chi connectivity index (χ0v) is 11.2. The van der Waals surface area contributed by atoms with Crippen LogP contribution in [0.2, 0.25) is 0 Å². The fourth-order valence-electron chi connectivity index (χ4n) is 2.65. The first-order chi connectivity index (χ1) is 9.40. The van der Waals surface area contributed by atoms with E-state index in [1.54, 1.807) is 7.11 Å². The predicted octanol–water partition coefficient (Wildman–Crippen LogP) is 2.04. The van der Waals surface area contributed by atoms with Crippen molar-refractivity contribution in [3.8, 4) is 5.75 Å². The Morgan fingerprint density at radius 1 is 1.16 bits per heavy atom. The van der Waals surface area contributed by atoms with E-state index < -0.39 is 0 Å². The van der Waals surface area contributed by atoms with Gasteiger partial charge in [-0.2, -0.15) is 0 Å². The Hall–Kier alpha value is -1.81. The van der Waals surface area contributed by atoms with Gasteiger partial charge in [-0.15, -0.1) is 0 Å². The molecule has 0 amide bonds. The minimum absolute atomic E-state index is 0.911. The molecule has 0 unspecified atom stereocenters. The van der Waals surface area contributed by atoms with Crippen LogP contribution in [-0.4, -0.2) is 38.3 Å². The molecule has 1 aromatic heterocycles. The molecule has 1 saturated heterocycles. The van der Waals surface area contributed by atoms with Gasteiger partial charge < -0.3 is 15.0 Å². The van der Waals surface area contributed by atoms with E-state index >= 15 is 0 Å². The van der Waals surface area contributed by atoms with Crippen LogP contribution in [0.1, 0.15) is 6.42 Å². The van der Waals surface area contributed by atoms with Gasteiger partial charge in [0.2, 0.25) is 0 Å². The molecule has 4 heteroatoms. The van der Waals surface area contributed by atoms with E-state index in [1.807, 2.05) is 24.4 Å². The maximum atomic E-state index is 5.44. The van der Waals surface area contributed by atoms with Crippen molar-refractivity contribution in [3.63, 3.8) is 0 Å². The van der Waals surface area contributed by atoms with Crippen LogP contribution in [0.4, 0.5) is 5.82 Å². The third kappa shape index (κ3) is 2.36. The molecule has 0 aliphatic carbocycles. The Morgan fingerprint density at radius 2 is 2.11 bits per heavy atom. The summed E-state index contributed by atoms with van der Waals surface area (Å²) in [4.78, 5) is 6.95. The van der Waals surface area contributed by atoms with E-state index in [9.17, 15) is 0 Å². The maximum absolute atomic E-state index is 5.44. The first kappa shape index (κ1) is 12.2. The van der Waals surface area contributed by atoms with Gasteiger partial charge in [0.05, 0.1) is 7.11 Å². The van der Waals surface area contributed by atoms with Crippen LogP contribution in [0.25, 0.3) is 10.8 Å². The highest BCUT2D eigenvalue weighted by atomic mass is 16.5. The summed E-state index contributed by atoms with van der Waals surface area (Å²) in [6.45, 7) is 4.16. The van der Waals surface area contributed by atoms with Gasteiger partial charge in [-0.1, -0.05) is 12.1 Å². The first-order valence-corrected chi connectivity index (χ1v) is 6.77. The van der Waals surface area contributed by atoms with Crippen molar-refractivity contribution in [3.05, 3.63) is 30.5 Å². The largest absolute Gasteiger partial charge is 0.496 e. The molecule has 19 heavy (non-hydrogen) atoms. The second-order valence-electron chi connectivity index (χ2n) is 4.78. The fourth-order valence-corrected chi connectivity index (χ4v) is 2.65. The number of fused-ring (bicyclic) bond motifs is 1. The van der Waals surface area contributed by atoms with Gasteiger partial charge in [-0.05, 0) is 25.1 Å². The number of ether oxygens (including phenoxy) is 1. The second-order valence-corrected chi connectivity index (χ2v) is 4.78.